The Morgan fingerprint density at radius 1 is 1.80 bits per heavy atom. The quantitative estimate of drug-likeness (QED) is 0.365. The van der Waals surface area contributed by atoms with E-state index in [0.717, 1.165) is 12.8 Å². The molecule has 1 unspecified atom stereocenters. The molecule has 58 valence electrons. The molecule has 1 amide bonds. The Labute approximate surface area is 59.4 Å². The monoisotopic (exact) mass is 144 g/mol. The Kier molecular flexibility index (Phi) is 1.66. The van der Waals surface area contributed by atoms with Crippen LogP contribution in [-0.4, -0.2) is 16.7 Å². The first-order valence-electron chi connectivity index (χ1n) is 3.32. The van der Waals surface area contributed by atoms with Crippen molar-refractivity contribution < 1.29 is 10.0 Å². The first kappa shape index (κ1) is 7.50. The lowest BCUT2D eigenvalue weighted by Gasteiger charge is -2.20. The van der Waals surface area contributed by atoms with Crippen LogP contribution in [0.1, 0.15) is 19.8 Å². The third kappa shape index (κ3) is 1.12. The van der Waals surface area contributed by atoms with Gasteiger partial charge in [-0.15, -0.1) is 0 Å². The lowest BCUT2D eigenvalue weighted by Crippen LogP contribution is -2.52. The summed E-state index contributed by atoms with van der Waals surface area (Å²) in [5.41, 5.74) is 6.29. The van der Waals surface area contributed by atoms with Crippen LogP contribution in [0.5, 0.6) is 0 Å². The maximum Gasteiger partial charge on any atom is 0.263 e. The third-order valence-corrected chi connectivity index (χ3v) is 2.02. The number of nitrogens with two attached hydrogens (primary N) is 1. The summed E-state index contributed by atoms with van der Waals surface area (Å²) in [7, 11) is 0. The van der Waals surface area contributed by atoms with Gasteiger partial charge in [-0.2, -0.15) is 0 Å². The molecule has 1 saturated carbocycles. The summed E-state index contributed by atoms with van der Waals surface area (Å²) in [6, 6.07) is 0. The molecule has 0 aromatic carbocycles. The molecular formula is C6H12N2O2. The number of hydroxylamine groups is 1. The molecule has 4 heteroatoms. The molecule has 0 aromatic rings. The smallest absolute Gasteiger partial charge is 0.263 e. The molecule has 1 rings (SSSR count). The lowest BCUT2D eigenvalue weighted by molar-refractivity contribution is -0.134. The number of amides is 1. The molecule has 0 aromatic heterocycles. The van der Waals surface area contributed by atoms with E-state index in [-0.39, 0.29) is 5.92 Å². The van der Waals surface area contributed by atoms with E-state index in [1.807, 2.05) is 0 Å². The van der Waals surface area contributed by atoms with Gasteiger partial charge in [0, 0.05) is 0 Å². The Hall–Kier alpha value is -0.610. The molecule has 10 heavy (non-hydrogen) atoms. The maximum atomic E-state index is 10.8. The zero-order chi connectivity index (χ0) is 7.78. The molecule has 0 radical (unpaired) electrons. The fraction of sp³-hybridized carbons (Fsp3) is 0.833. The van der Waals surface area contributed by atoms with Gasteiger partial charge in [-0.3, -0.25) is 10.0 Å². The van der Waals surface area contributed by atoms with Crippen molar-refractivity contribution in [3.8, 4) is 0 Å². The van der Waals surface area contributed by atoms with Crippen LogP contribution in [0.2, 0.25) is 0 Å². The van der Waals surface area contributed by atoms with Crippen molar-refractivity contribution >= 4 is 5.91 Å². The van der Waals surface area contributed by atoms with Crippen LogP contribution >= 0.6 is 0 Å². The highest BCUT2D eigenvalue weighted by Crippen LogP contribution is 2.37. The zero-order valence-electron chi connectivity index (χ0n) is 5.92. The Morgan fingerprint density at radius 2 is 2.30 bits per heavy atom. The van der Waals surface area contributed by atoms with Gasteiger partial charge in [0.15, 0.2) is 0 Å². The number of hydrogen-bond acceptors (Lipinski definition) is 3. The SMILES string of the molecule is CC(N)(C(=O)NO)C1CC1. The molecule has 0 heterocycles. The standard InChI is InChI=1S/C6H12N2O2/c1-6(7,4-2-3-4)5(9)8-10/h4,10H,2-3,7H2,1H3,(H,8,9). The first-order valence-corrected chi connectivity index (χ1v) is 3.32. The minimum absolute atomic E-state index is 0.250. The van der Waals surface area contributed by atoms with Gasteiger partial charge in [0.1, 0.15) is 0 Å². The summed E-state index contributed by atoms with van der Waals surface area (Å²) in [5, 5.41) is 8.27. The van der Waals surface area contributed by atoms with Gasteiger partial charge in [0.05, 0.1) is 5.54 Å². The zero-order valence-corrected chi connectivity index (χ0v) is 5.92. The van der Waals surface area contributed by atoms with E-state index in [1.165, 1.54) is 0 Å². The van der Waals surface area contributed by atoms with Crippen molar-refractivity contribution in [3.63, 3.8) is 0 Å². The summed E-state index contributed by atoms with van der Waals surface area (Å²) in [6.07, 6.45) is 1.97. The number of rotatable bonds is 2. The van der Waals surface area contributed by atoms with Crippen molar-refractivity contribution in [2.24, 2.45) is 11.7 Å². The molecule has 1 atom stereocenters. The second-order valence-corrected chi connectivity index (χ2v) is 3.00. The first-order chi connectivity index (χ1) is 4.59. The second-order valence-electron chi connectivity index (χ2n) is 3.00. The molecule has 0 saturated heterocycles. The molecule has 0 bridgehead atoms. The van der Waals surface area contributed by atoms with Crippen molar-refractivity contribution in [3.05, 3.63) is 0 Å². The van der Waals surface area contributed by atoms with E-state index in [4.69, 9.17) is 10.9 Å². The number of nitrogens with one attached hydrogen (secondary N) is 1. The Bertz CT molecular complexity index is 152. The molecule has 0 spiro atoms. The highest BCUT2D eigenvalue weighted by molar-refractivity contribution is 5.85. The lowest BCUT2D eigenvalue weighted by atomic mass is 9.97. The molecule has 1 aliphatic rings. The van der Waals surface area contributed by atoms with Crippen molar-refractivity contribution in [1.82, 2.24) is 5.48 Å². The van der Waals surface area contributed by atoms with Gasteiger partial charge in [0.2, 0.25) is 0 Å². The van der Waals surface area contributed by atoms with Gasteiger partial charge in [0.25, 0.3) is 5.91 Å². The van der Waals surface area contributed by atoms with Gasteiger partial charge in [-0.1, -0.05) is 0 Å². The van der Waals surface area contributed by atoms with E-state index < -0.39 is 11.4 Å². The van der Waals surface area contributed by atoms with Crippen LogP contribution in [0.15, 0.2) is 0 Å². The van der Waals surface area contributed by atoms with Crippen LogP contribution in [-0.2, 0) is 4.79 Å². The Morgan fingerprint density at radius 3 is 2.60 bits per heavy atom. The van der Waals surface area contributed by atoms with Crippen molar-refractivity contribution in [2.75, 3.05) is 0 Å². The van der Waals surface area contributed by atoms with Crippen LogP contribution in [0, 0.1) is 5.92 Å². The third-order valence-electron chi connectivity index (χ3n) is 2.02. The average Bonchev–Trinajstić information content (AvgIpc) is 2.66. The highest BCUT2D eigenvalue weighted by atomic mass is 16.5. The number of carbonyl (C=O) groups excluding carboxylic acids is 1. The molecule has 4 N–H and O–H groups in total. The topological polar surface area (TPSA) is 75.4 Å². The minimum atomic E-state index is -0.880. The van der Waals surface area contributed by atoms with Crippen LogP contribution in [0.4, 0.5) is 0 Å². The fourth-order valence-corrected chi connectivity index (χ4v) is 0.989. The minimum Gasteiger partial charge on any atom is -0.317 e. The largest absolute Gasteiger partial charge is 0.317 e. The van der Waals surface area contributed by atoms with Gasteiger partial charge < -0.3 is 5.73 Å². The summed E-state index contributed by atoms with van der Waals surface area (Å²) in [6.45, 7) is 1.64. The predicted molar refractivity (Wildman–Crippen MR) is 35.2 cm³/mol. The number of carbonyl (C=O) groups is 1. The van der Waals surface area contributed by atoms with E-state index in [0.29, 0.717) is 0 Å². The fourth-order valence-electron chi connectivity index (χ4n) is 0.989. The molecule has 1 fully saturated rings. The number of hydrogen-bond donors (Lipinski definition) is 3. The van der Waals surface area contributed by atoms with E-state index in [1.54, 1.807) is 12.4 Å². The predicted octanol–water partition coefficient (Wildman–Crippen LogP) is -0.381. The van der Waals surface area contributed by atoms with E-state index >= 15 is 0 Å². The van der Waals surface area contributed by atoms with Crippen LogP contribution < -0.4 is 11.2 Å². The summed E-state index contributed by atoms with van der Waals surface area (Å²) in [4.78, 5) is 10.8. The highest BCUT2D eigenvalue weighted by Gasteiger charge is 2.43. The molecule has 4 nitrogen and oxygen atoms in total. The molecular weight excluding hydrogens is 132 g/mol. The van der Waals surface area contributed by atoms with Crippen molar-refractivity contribution in [1.29, 1.82) is 0 Å². The maximum absolute atomic E-state index is 10.8. The summed E-state index contributed by atoms with van der Waals surface area (Å²) >= 11 is 0. The van der Waals surface area contributed by atoms with Crippen LogP contribution in [0.3, 0.4) is 0 Å². The van der Waals surface area contributed by atoms with E-state index in [9.17, 15) is 4.79 Å². The molecule has 0 aliphatic heterocycles. The van der Waals surface area contributed by atoms with Gasteiger partial charge in [-0.05, 0) is 25.7 Å². The van der Waals surface area contributed by atoms with Gasteiger partial charge >= 0.3 is 0 Å². The Balaban J connectivity index is 2.56. The van der Waals surface area contributed by atoms with Gasteiger partial charge in [-0.25, -0.2) is 5.48 Å². The average molecular weight is 144 g/mol. The van der Waals surface area contributed by atoms with E-state index in [2.05, 4.69) is 0 Å². The second kappa shape index (κ2) is 2.21. The van der Waals surface area contributed by atoms with Crippen molar-refractivity contribution in [2.45, 2.75) is 25.3 Å². The molecule has 1 aliphatic carbocycles. The normalized spacial score (nSPS) is 23.5. The van der Waals surface area contributed by atoms with Crippen LogP contribution in [0.25, 0.3) is 0 Å². The summed E-state index contributed by atoms with van der Waals surface area (Å²) in [5.74, 6) is -0.241. The summed E-state index contributed by atoms with van der Waals surface area (Å²) < 4.78 is 0.